The summed E-state index contributed by atoms with van der Waals surface area (Å²) in [6.07, 6.45) is 0.223. The summed E-state index contributed by atoms with van der Waals surface area (Å²) in [7, 11) is 0. The number of carbonyl (C=O) groups is 1. The molecule has 0 spiro atoms. The molecule has 0 radical (unpaired) electrons. The number of aromatic hydroxyl groups is 1. The molecular formula is C15H17N5O4. The van der Waals surface area contributed by atoms with Gasteiger partial charge in [-0.25, -0.2) is 15.0 Å². The van der Waals surface area contributed by atoms with Crippen LogP contribution in [0.1, 0.15) is 24.5 Å². The molecule has 126 valence electrons. The molecule has 1 aromatic carbocycles. The number of hydrazone groups is 1. The van der Waals surface area contributed by atoms with Crippen LogP contribution in [0.15, 0.2) is 45.0 Å². The molecule has 0 saturated carbocycles. The van der Waals surface area contributed by atoms with Crippen LogP contribution >= 0.6 is 0 Å². The third-order valence-electron chi connectivity index (χ3n) is 3.28. The standard InChI is InChI=1S/C15H17N5O4/c1-2-10(18-19-14(16)23)11-12(21)17-15(24)20(13(11)22)8-9-6-4-3-5-7-9/h3-7,22H,2,8H2,1H3,(H3,16,19,23)(H,17,21,24)/b18-10+. The van der Waals surface area contributed by atoms with Crippen molar-refractivity contribution >= 4 is 11.7 Å². The number of rotatable bonds is 5. The highest BCUT2D eigenvalue weighted by Gasteiger charge is 2.18. The predicted octanol–water partition coefficient (Wildman–Crippen LogP) is 0.0729. The van der Waals surface area contributed by atoms with Crippen LogP contribution in [0, 0.1) is 0 Å². The molecule has 5 N–H and O–H groups in total. The van der Waals surface area contributed by atoms with Crippen molar-refractivity contribution in [3.8, 4) is 5.88 Å². The lowest BCUT2D eigenvalue weighted by Crippen LogP contribution is -2.35. The topological polar surface area (TPSA) is 143 Å². The van der Waals surface area contributed by atoms with Crippen LogP contribution in [-0.2, 0) is 6.54 Å². The Bertz CT molecular complexity index is 883. The fraction of sp³-hybridized carbons (Fsp3) is 0.200. The summed E-state index contributed by atoms with van der Waals surface area (Å²) >= 11 is 0. The van der Waals surface area contributed by atoms with Crippen LogP contribution in [-0.4, -0.2) is 26.4 Å². The minimum Gasteiger partial charge on any atom is -0.494 e. The van der Waals surface area contributed by atoms with Crippen molar-refractivity contribution in [3.63, 3.8) is 0 Å². The Kier molecular flexibility index (Phi) is 5.15. The first kappa shape index (κ1) is 17.0. The van der Waals surface area contributed by atoms with Gasteiger partial charge in [0.2, 0.25) is 5.88 Å². The number of nitrogens with zero attached hydrogens (tertiary/aromatic N) is 2. The van der Waals surface area contributed by atoms with E-state index in [2.05, 4.69) is 10.1 Å². The molecule has 0 saturated heterocycles. The molecule has 9 nitrogen and oxygen atoms in total. The smallest absolute Gasteiger partial charge is 0.332 e. The highest BCUT2D eigenvalue weighted by atomic mass is 16.3. The van der Waals surface area contributed by atoms with Crippen molar-refractivity contribution in [2.75, 3.05) is 0 Å². The molecule has 0 bridgehead atoms. The summed E-state index contributed by atoms with van der Waals surface area (Å²) in [5, 5.41) is 14.1. The lowest BCUT2D eigenvalue weighted by molar-refractivity contribution is 0.249. The molecule has 9 heteroatoms. The maximum Gasteiger partial charge on any atom is 0.332 e. The van der Waals surface area contributed by atoms with Crippen LogP contribution < -0.4 is 22.4 Å². The van der Waals surface area contributed by atoms with Crippen LogP contribution in [0.5, 0.6) is 5.88 Å². The van der Waals surface area contributed by atoms with Crippen LogP contribution in [0.25, 0.3) is 0 Å². The molecule has 0 aliphatic heterocycles. The Morgan fingerprint density at radius 3 is 2.58 bits per heavy atom. The summed E-state index contributed by atoms with van der Waals surface area (Å²) in [6, 6.07) is 8.05. The Morgan fingerprint density at radius 1 is 1.33 bits per heavy atom. The van der Waals surface area contributed by atoms with Crippen LogP contribution in [0.2, 0.25) is 0 Å². The number of urea groups is 1. The van der Waals surface area contributed by atoms with E-state index in [1.54, 1.807) is 31.2 Å². The third-order valence-corrected chi connectivity index (χ3v) is 3.28. The molecule has 0 aliphatic carbocycles. The lowest BCUT2D eigenvalue weighted by atomic mass is 10.1. The number of H-pyrrole nitrogens is 1. The van der Waals surface area contributed by atoms with E-state index >= 15 is 0 Å². The normalized spacial score (nSPS) is 11.3. The number of nitrogens with one attached hydrogen (secondary N) is 2. The maximum absolute atomic E-state index is 12.1. The number of aromatic nitrogens is 2. The van der Waals surface area contributed by atoms with Gasteiger partial charge in [0.25, 0.3) is 5.56 Å². The number of amides is 2. The van der Waals surface area contributed by atoms with Crippen molar-refractivity contribution < 1.29 is 9.90 Å². The first-order valence-corrected chi connectivity index (χ1v) is 7.16. The van der Waals surface area contributed by atoms with E-state index in [1.165, 1.54) is 0 Å². The van der Waals surface area contributed by atoms with Gasteiger partial charge in [-0.2, -0.15) is 5.10 Å². The van der Waals surface area contributed by atoms with Gasteiger partial charge in [0, 0.05) is 0 Å². The monoisotopic (exact) mass is 331 g/mol. The van der Waals surface area contributed by atoms with Gasteiger partial charge in [-0.3, -0.25) is 14.3 Å². The predicted molar refractivity (Wildman–Crippen MR) is 88.1 cm³/mol. The van der Waals surface area contributed by atoms with E-state index in [1.807, 2.05) is 11.5 Å². The van der Waals surface area contributed by atoms with E-state index in [4.69, 9.17) is 5.73 Å². The van der Waals surface area contributed by atoms with Gasteiger partial charge in [0.05, 0.1) is 12.3 Å². The van der Waals surface area contributed by atoms with Gasteiger partial charge in [-0.1, -0.05) is 37.3 Å². The van der Waals surface area contributed by atoms with Crippen molar-refractivity contribution in [3.05, 3.63) is 62.3 Å². The summed E-state index contributed by atoms with van der Waals surface area (Å²) in [5.41, 5.74) is 6.07. The summed E-state index contributed by atoms with van der Waals surface area (Å²) < 4.78 is 1.02. The zero-order valence-corrected chi connectivity index (χ0v) is 12.9. The minimum atomic E-state index is -0.908. The first-order valence-electron chi connectivity index (χ1n) is 7.16. The van der Waals surface area contributed by atoms with Crippen molar-refractivity contribution in [1.29, 1.82) is 0 Å². The largest absolute Gasteiger partial charge is 0.494 e. The maximum atomic E-state index is 12.1. The molecule has 0 fully saturated rings. The second kappa shape index (κ2) is 7.27. The van der Waals surface area contributed by atoms with Crippen molar-refractivity contribution in [2.45, 2.75) is 19.9 Å². The molecule has 0 unspecified atom stereocenters. The quantitative estimate of drug-likeness (QED) is 0.454. The molecule has 1 heterocycles. The van der Waals surface area contributed by atoms with Gasteiger partial charge >= 0.3 is 11.7 Å². The third kappa shape index (κ3) is 3.69. The molecule has 0 aliphatic rings. The van der Waals surface area contributed by atoms with Crippen molar-refractivity contribution in [1.82, 2.24) is 15.0 Å². The van der Waals surface area contributed by atoms with E-state index in [9.17, 15) is 19.5 Å². The minimum absolute atomic E-state index is 0.0650. The highest BCUT2D eigenvalue weighted by Crippen LogP contribution is 2.14. The van der Waals surface area contributed by atoms with Gasteiger partial charge in [0.1, 0.15) is 5.56 Å². The number of aromatic amines is 1. The Morgan fingerprint density at radius 2 is 2.00 bits per heavy atom. The number of benzene rings is 1. The Labute approximate surface area is 136 Å². The van der Waals surface area contributed by atoms with Gasteiger partial charge in [-0.05, 0) is 12.0 Å². The van der Waals surface area contributed by atoms with E-state index in [0.717, 1.165) is 10.1 Å². The molecule has 2 amide bonds. The SMILES string of the molecule is CC/C(=N\NC(N)=O)c1c(O)n(Cc2ccccc2)c(=O)[nH]c1=O. The average molecular weight is 331 g/mol. The molecule has 0 atom stereocenters. The summed E-state index contributed by atoms with van der Waals surface area (Å²) in [5.74, 6) is -0.528. The number of hydrogen-bond acceptors (Lipinski definition) is 5. The fourth-order valence-electron chi connectivity index (χ4n) is 2.17. The van der Waals surface area contributed by atoms with Gasteiger partial charge in [-0.15, -0.1) is 0 Å². The van der Waals surface area contributed by atoms with E-state index < -0.39 is 23.2 Å². The fourth-order valence-corrected chi connectivity index (χ4v) is 2.17. The Hall–Kier alpha value is -3.36. The molecule has 24 heavy (non-hydrogen) atoms. The summed E-state index contributed by atoms with van der Waals surface area (Å²) in [4.78, 5) is 37.0. The van der Waals surface area contributed by atoms with Crippen LogP contribution in [0.4, 0.5) is 4.79 Å². The number of hydrogen-bond donors (Lipinski definition) is 4. The van der Waals surface area contributed by atoms with E-state index in [-0.39, 0.29) is 24.2 Å². The number of primary amides is 1. The van der Waals surface area contributed by atoms with E-state index in [0.29, 0.717) is 0 Å². The van der Waals surface area contributed by atoms with Gasteiger partial charge in [0.15, 0.2) is 0 Å². The molecule has 2 aromatic rings. The Balaban J connectivity index is 2.55. The summed E-state index contributed by atoms with van der Waals surface area (Å²) in [6.45, 7) is 1.74. The lowest BCUT2D eigenvalue weighted by Gasteiger charge is -2.12. The number of nitrogens with two attached hydrogens (primary N) is 1. The average Bonchev–Trinajstić information content (AvgIpc) is 2.55. The second-order valence-corrected chi connectivity index (χ2v) is 4.92. The number of carbonyl (C=O) groups excluding carboxylic acids is 1. The van der Waals surface area contributed by atoms with Gasteiger partial charge < -0.3 is 10.8 Å². The zero-order chi connectivity index (χ0) is 17.7. The molecular weight excluding hydrogens is 314 g/mol. The first-order chi connectivity index (χ1) is 11.4. The molecule has 1 aromatic heterocycles. The second-order valence-electron chi connectivity index (χ2n) is 4.92. The van der Waals surface area contributed by atoms with Crippen molar-refractivity contribution in [2.24, 2.45) is 10.8 Å². The molecule has 2 rings (SSSR count). The van der Waals surface area contributed by atoms with Crippen LogP contribution in [0.3, 0.4) is 0 Å². The highest BCUT2D eigenvalue weighted by molar-refractivity contribution is 6.02. The zero-order valence-electron chi connectivity index (χ0n) is 12.9.